The normalized spacial score (nSPS) is 8.00. The Hall–Kier alpha value is -7.22. The average Bonchev–Trinajstić information content (AvgIpc) is 3.44. The van der Waals surface area contributed by atoms with Crippen LogP contribution in [0.2, 0.25) is 0 Å². The number of aromatic nitrogens is 14. The lowest BCUT2D eigenvalue weighted by Crippen LogP contribution is -1.86. The topological polar surface area (TPSA) is 180 Å². The van der Waals surface area contributed by atoms with Gasteiger partial charge < -0.3 is 0 Å². The van der Waals surface area contributed by atoms with E-state index in [9.17, 15) is 0 Å². The fourth-order valence-electron chi connectivity index (χ4n) is 4.93. The minimum atomic E-state index is 0.838. The Balaban J connectivity index is -0.000000119. The van der Waals surface area contributed by atoms with Crippen LogP contribution < -0.4 is 0 Å². The van der Waals surface area contributed by atoms with Gasteiger partial charge in [0.1, 0.15) is 18.0 Å². The molecular formula is C66H114N14. The zero-order valence-electron chi connectivity index (χ0n) is 56.7. The number of aryl methyl sites for hydroxylation is 16. The van der Waals surface area contributed by atoms with E-state index in [0.717, 1.165) is 74.0 Å². The molecule has 0 aromatic carbocycles. The van der Waals surface area contributed by atoms with Crippen LogP contribution in [0.1, 0.15) is 201 Å². The maximum absolute atomic E-state index is 4.11. The van der Waals surface area contributed by atoms with Crippen LogP contribution in [-0.4, -0.2) is 70.2 Å². The summed E-state index contributed by atoms with van der Waals surface area (Å²) in [7, 11) is 0. The molecule has 0 aliphatic rings. The van der Waals surface area contributed by atoms with E-state index in [1.54, 1.807) is 43.5 Å². The summed E-state index contributed by atoms with van der Waals surface area (Å²) in [5, 5.41) is 15.0. The third-order valence-electron chi connectivity index (χ3n) is 7.54. The van der Waals surface area contributed by atoms with Crippen molar-refractivity contribution in [1.29, 1.82) is 0 Å². The summed E-state index contributed by atoms with van der Waals surface area (Å²) < 4.78 is 0. The fraction of sp³-hybridized carbons (Fsp3) is 0.485. The summed E-state index contributed by atoms with van der Waals surface area (Å²) in [6.45, 7) is 63.4. The van der Waals surface area contributed by atoms with Crippen LogP contribution >= 0.6 is 0 Å². The highest BCUT2D eigenvalue weighted by molar-refractivity contribution is 5.15. The smallest absolute Gasteiger partial charge is 0.125 e. The van der Waals surface area contributed by atoms with E-state index < -0.39 is 0 Å². The number of pyridine rings is 2. The standard InChI is InChI=1S/2C7H9N.6C6H8N2.8C2H6/c1-6-3-7(2)5-8-4-6;1-6-3-4-8-7(2)5-6;1-5-3-7-4-6(2)8-5;1-5-3-6(2)8-4-7-5;2*1-5-3-6(2)8-7-4-5;2*1-5-3-4-7-6(2)8-5;8*1-2/h2*3-5H,1-2H3;6*3-4H,1-2H3;8*1-2H3. The minimum Gasteiger partial charge on any atom is -0.264 e. The molecule has 8 aromatic rings. The predicted molar refractivity (Wildman–Crippen MR) is 347 cm³/mol. The summed E-state index contributed by atoms with van der Waals surface area (Å²) in [6, 6.07) is 15.8. The van der Waals surface area contributed by atoms with E-state index in [2.05, 4.69) is 89.3 Å². The SMILES string of the molecule is CC.CC.CC.CC.CC.CC.CC.CC.Cc1cc(C)ncn1.Cc1ccnc(C)c1.Cc1ccnc(C)n1.Cc1ccnc(C)n1.Cc1cncc(C)c1.Cc1cncc(C)n1.Cc1cnnc(C)c1.Cc1cnnc(C)c1. The lowest BCUT2D eigenvalue weighted by Gasteiger charge is -1.90. The van der Waals surface area contributed by atoms with Gasteiger partial charge in [-0.3, -0.25) is 19.9 Å². The first-order chi connectivity index (χ1) is 38.3. The Bertz CT molecular complexity index is 1850. The highest BCUT2D eigenvalue weighted by Gasteiger charge is 1.88. The van der Waals surface area contributed by atoms with Crippen LogP contribution in [0.5, 0.6) is 0 Å². The second kappa shape index (κ2) is 67.9. The maximum Gasteiger partial charge on any atom is 0.125 e. The number of hydrogen-bond donors (Lipinski definition) is 0. The highest BCUT2D eigenvalue weighted by atomic mass is 15.1. The van der Waals surface area contributed by atoms with Gasteiger partial charge in [0.25, 0.3) is 0 Å². The van der Waals surface area contributed by atoms with E-state index in [1.165, 1.54) is 16.7 Å². The van der Waals surface area contributed by atoms with E-state index in [1.807, 2.05) is 270 Å². The molecule has 8 aromatic heterocycles. The first kappa shape index (κ1) is 89.4. The first-order valence-corrected chi connectivity index (χ1v) is 28.6. The Labute approximate surface area is 491 Å². The van der Waals surface area contributed by atoms with Crippen LogP contribution in [-0.2, 0) is 0 Å². The van der Waals surface area contributed by atoms with Crippen molar-refractivity contribution < 1.29 is 0 Å². The molecule has 8 rings (SSSR count). The molecule has 0 saturated heterocycles. The molecule has 0 unspecified atom stereocenters. The summed E-state index contributed by atoms with van der Waals surface area (Å²) in [4.78, 5) is 39.9. The Morgan fingerprint density at radius 3 is 0.738 bits per heavy atom. The molecule has 0 atom stereocenters. The van der Waals surface area contributed by atoms with Crippen LogP contribution in [0.3, 0.4) is 0 Å². The molecule has 0 aliphatic heterocycles. The molecule has 14 nitrogen and oxygen atoms in total. The molecule has 0 aliphatic carbocycles. The van der Waals surface area contributed by atoms with E-state index >= 15 is 0 Å². The van der Waals surface area contributed by atoms with Gasteiger partial charge in [0, 0.05) is 71.8 Å². The van der Waals surface area contributed by atoms with Gasteiger partial charge in [0.05, 0.1) is 35.2 Å². The van der Waals surface area contributed by atoms with Crippen LogP contribution in [0.4, 0.5) is 0 Å². The van der Waals surface area contributed by atoms with Gasteiger partial charge >= 0.3 is 0 Å². The van der Waals surface area contributed by atoms with Crippen LogP contribution in [0, 0.1) is 111 Å². The van der Waals surface area contributed by atoms with Crippen molar-refractivity contribution in [2.45, 2.75) is 222 Å². The number of hydrogen-bond acceptors (Lipinski definition) is 14. The van der Waals surface area contributed by atoms with Crippen molar-refractivity contribution in [2.75, 3.05) is 0 Å². The van der Waals surface area contributed by atoms with Gasteiger partial charge in [-0.05, 0) is 181 Å². The molecule has 0 amide bonds. The Morgan fingerprint density at radius 1 is 0.237 bits per heavy atom. The van der Waals surface area contributed by atoms with Gasteiger partial charge in [-0.15, -0.1) is 0 Å². The molecule has 0 fully saturated rings. The van der Waals surface area contributed by atoms with Gasteiger partial charge in [-0.2, -0.15) is 20.4 Å². The predicted octanol–water partition coefficient (Wildman–Crippen LogP) is 18.2. The monoisotopic (exact) mass is 1100 g/mol. The first-order valence-electron chi connectivity index (χ1n) is 28.6. The largest absolute Gasteiger partial charge is 0.264 e. The molecule has 80 heavy (non-hydrogen) atoms. The van der Waals surface area contributed by atoms with Gasteiger partial charge in [0.15, 0.2) is 0 Å². The number of nitrogens with zero attached hydrogens (tertiary/aromatic N) is 14. The Morgan fingerprint density at radius 2 is 0.550 bits per heavy atom. The Kier molecular flexibility index (Phi) is 75.8. The van der Waals surface area contributed by atoms with Crippen molar-refractivity contribution in [3.63, 3.8) is 0 Å². The van der Waals surface area contributed by atoms with Crippen LogP contribution in [0.25, 0.3) is 0 Å². The molecule has 8 heterocycles. The summed E-state index contributed by atoms with van der Waals surface area (Å²) in [5.41, 5.74) is 15.2. The van der Waals surface area contributed by atoms with Crippen molar-refractivity contribution in [3.8, 4) is 0 Å². The average molecular weight is 1100 g/mol. The highest BCUT2D eigenvalue weighted by Crippen LogP contribution is 1.98. The van der Waals surface area contributed by atoms with Crippen molar-refractivity contribution in [2.24, 2.45) is 0 Å². The molecule has 0 spiro atoms. The van der Waals surface area contributed by atoms with Crippen molar-refractivity contribution in [1.82, 2.24) is 70.2 Å². The second-order valence-electron chi connectivity index (χ2n) is 14.9. The molecule has 0 radical (unpaired) electrons. The zero-order chi connectivity index (χ0) is 63.9. The molecule has 0 bridgehead atoms. The summed E-state index contributed by atoms with van der Waals surface area (Å²) in [5.74, 6) is 1.68. The van der Waals surface area contributed by atoms with Gasteiger partial charge in [-0.25, -0.2) is 29.9 Å². The quantitative estimate of drug-likeness (QED) is 0.140. The lowest BCUT2D eigenvalue weighted by atomic mass is 10.2. The van der Waals surface area contributed by atoms with Gasteiger partial charge in [-0.1, -0.05) is 117 Å². The molecule has 448 valence electrons. The number of rotatable bonds is 0. The third-order valence-corrected chi connectivity index (χ3v) is 7.54. The zero-order valence-corrected chi connectivity index (χ0v) is 56.7. The maximum atomic E-state index is 4.11. The fourth-order valence-corrected chi connectivity index (χ4v) is 4.93. The molecular weight excluding hydrogens is 989 g/mol. The van der Waals surface area contributed by atoms with Crippen LogP contribution in [0.15, 0.2) is 111 Å². The summed E-state index contributed by atoms with van der Waals surface area (Å²) >= 11 is 0. The molecule has 14 heteroatoms. The molecule has 0 saturated carbocycles. The van der Waals surface area contributed by atoms with E-state index in [4.69, 9.17) is 0 Å². The van der Waals surface area contributed by atoms with Gasteiger partial charge in [0.2, 0.25) is 0 Å². The molecule has 0 N–H and O–H groups in total. The van der Waals surface area contributed by atoms with Crippen molar-refractivity contribution >= 4 is 0 Å². The lowest BCUT2D eigenvalue weighted by molar-refractivity contribution is 0.966. The van der Waals surface area contributed by atoms with Crippen molar-refractivity contribution in [3.05, 3.63) is 201 Å². The second-order valence-corrected chi connectivity index (χ2v) is 14.9. The minimum absolute atomic E-state index is 0.838. The van der Waals surface area contributed by atoms with E-state index in [0.29, 0.717) is 0 Å². The summed E-state index contributed by atoms with van der Waals surface area (Å²) in [6.07, 6.45) is 17.6. The van der Waals surface area contributed by atoms with E-state index in [-0.39, 0.29) is 0 Å². The third kappa shape index (κ3) is 65.1.